The molecule has 174 valence electrons. The van der Waals surface area contributed by atoms with Crippen molar-refractivity contribution >= 4 is 50.5 Å². The maximum absolute atomic E-state index is 13.4. The van der Waals surface area contributed by atoms with E-state index in [2.05, 4.69) is 5.32 Å². The number of hydrogen-bond donors (Lipinski definition) is 1. The second-order valence-electron chi connectivity index (χ2n) is 7.04. The van der Waals surface area contributed by atoms with Crippen molar-refractivity contribution in [3.63, 3.8) is 0 Å². The summed E-state index contributed by atoms with van der Waals surface area (Å²) in [5.74, 6) is 0.0338. The van der Waals surface area contributed by atoms with Crippen LogP contribution >= 0.6 is 23.2 Å². The summed E-state index contributed by atoms with van der Waals surface area (Å²) < 4.78 is 38.4. The summed E-state index contributed by atoms with van der Waals surface area (Å²) in [7, 11) is -1.19. The first kappa shape index (κ1) is 24.7. The SMILES string of the molecule is COc1cc(NC(=O)CN(c2ccc(Cl)cc2)S(=O)(=O)c2ccc(C)cc2)c(OC)cc1Cl. The molecule has 0 spiro atoms. The van der Waals surface area contributed by atoms with Gasteiger partial charge in [0.05, 0.1) is 35.5 Å². The molecular formula is C23H22Cl2N2O5S. The quantitative estimate of drug-likeness (QED) is 0.454. The fraction of sp³-hybridized carbons (Fsp3) is 0.174. The van der Waals surface area contributed by atoms with Crippen molar-refractivity contribution in [2.45, 2.75) is 11.8 Å². The van der Waals surface area contributed by atoms with Crippen LogP contribution in [0.3, 0.4) is 0 Å². The van der Waals surface area contributed by atoms with Crippen LogP contribution in [-0.4, -0.2) is 35.1 Å². The molecule has 3 aromatic rings. The normalized spacial score (nSPS) is 11.1. The minimum atomic E-state index is -4.05. The zero-order valence-electron chi connectivity index (χ0n) is 18.1. The number of nitrogens with one attached hydrogen (secondary N) is 1. The molecule has 0 aliphatic heterocycles. The van der Waals surface area contributed by atoms with Gasteiger partial charge in [-0.25, -0.2) is 8.42 Å². The Labute approximate surface area is 202 Å². The smallest absolute Gasteiger partial charge is 0.264 e. The van der Waals surface area contributed by atoms with Crippen LogP contribution in [0.2, 0.25) is 10.0 Å². The number of halogens is 2. The number of nitrogens with zero attached hydrogens (tertiary/aromatic N) is 1. The van der Waals surface area contributed by atoms with E-state index in [0.717, 1.165) is 9.87 Å². The van der Waals surface area contributed by atoms with Gasteiger partial charge < -0.3 is 14.8 Å². The molecule has 0 unspecified atom stereocenters. The summed E-state index contributed by atoms with van der Waals surface area (Å²) >= 11 is 12.1. The third kappa shape index (κ3) is 5.71. The summed E-state index contributed by atoms with van der Waals surface area (Å²) in [5.41, 5.74) is 1.48. The maximum atomic E-state index is 13.4. The molecule has 1 amide bonds. The standard InChI is InChI=1S/C23H22Cl2N2O5S/c1-15-4-10-18(11-5-15)33(29,30)27(17-8-6-16(24)7-9-17)14-23(28)26-20-13-21(31-2)19(25)12-22(20)32-3/h4-13H,14H2,1-3H3,(H,26,28). The third-order valence-corrected chi connectivity index (χ3v) is 7.09. The van der Waals surface area contributed by atoms with E-state index in [9.17, 15) is 13.2 Å². The second kappa shape index (κ2) is 10.3. The number of methoxy groups -OCH3 is 2. The first-order valence-electron chi connectivity index (χ1n) is 9.72. The molecule has 0 aromatic heterocycles. The molecule has 0 saturated carbocycles. The number of sulfonamides is 1. The number of benzene rings is 3. The van der Waals surface area contributed by atoms with Gasteiger partial charge in [0, 0.05) is 17.2 Å². The first-order chi connectivity index (χ1) is 15.6. The van der Waals surface area contributed by atoms with Gasteiger partial charge in [-0.05, 0) is 43.3 Å². The van der Waals surface area contributed by atoms with Crippen LogP contribution in [-0.2, 0) is 14.8 Å². The average Bonchev–Trinajstić information content (AvgIpc) is 2.79. The van der Waals surface area contributed by atoms with Crippen LogP contribution in [0.25, 0.3) is 0 Å². The number of amides is 1. The Balaban J connectivity index is 1.96. The predicted octanol–water partition coefficient (Wildman–Crippen LogP) is 5.15. The third-order valence-electron chi connectivity index (χ3n) is 4.76. The monoisotopic (exact) mass is 508 g/mol. The van der Waals surface area contributed by atoms with E-state index in [0.29, 0.717) is 21.5 Å². The highest BCUT2D eigenvalue weighted by Crippen LogP contribution is 2.36. The summed E-state index contributed by atoms with van der Waals surface area (Å²) in [4.78, 5) is 13.0. The predicted molar refractivity (Wildman–Crippen MR) is 130 cm³/mol. The van der Waals surface area contributed by atoms with Crippen molar-refractivity contribution < 1.29 is 22.7 Å². The molecule has 10 heteroatoms. The maximum Gasteiger partial charge on any atom is 0.264 e. The topological polar surface area (TPSA) is 84.9 Å². The van der Waals surface area contributed by atoms with Crippen molar-refractivity contribution in [1.82, 2.24) is 0 Å². The molecule has 3 rings (SSSR count). The van der Waals surface area contributed by atoms with Crippen LogP contribution in [0.5, 0.6) is 11.5 Å². The minimum absolute atomic E-state index is 0.0570. The fourth-order valence-electron chi connectivity index (χ4n) is 3.04. The highest BCUT2D eigenvalue weighted by Gasteiger charge is 2.27. The Bertz CT molecular complexity index is 1250. The average molecular weight is 509 g/mol. The molecule has 0 radical (unpaired) electrons. The number of ether oxygens (including phenoxy) is 2. The first-order valence-corrected chi connectivity index (χ1v) is 11.9. The number of carbonyl (C=O) groups excluding carboxylic acids is 1. The van der Waals surface area contributed by atoms with Gasteiger partial charge in [0.15, 0.2) is 0 Å². The molecule has 0 atom stereocenters. The molecule has 0 aliphatic carbocycles. The van der Waals surface area contributed by atoms with Gasteiger partial charge in [0.1, 0.15) is 18.0 Å². The molecule has 0 bridgehead atoms. The van der Waals surface area contributed by atoms with E-state index in [1.165, 1.54) is 50.6 Å². The van der Waals surface area contributed by atoms with Gasteiger partial charge in [-0.2, -0.15) is 0 Å². The van der Waals surface area contributed by atoms with Gasteiger partial charge in [0.2, 0.25) is 5.91 Å². The highest BCUT2D eigenvalue weighted by atomic mass is 35.5. The molecule has 0 heterocycles. The van der Waals surface area contributed by atoms with Crippen LogP contribution in [0.15, 0.2) is 65.6 Å². The summed E-state index contributed by atoms with van der Waals surface area (Å²) in [6.45, 7) is 1.36. The van der Waals surface area contributed by atoms with Crippen LogP contribution in [0, 0.1) is 6.92 Å². The molecule has 1 N–H and O–H groups in total. The zero-order chi connectivity index (χ0) is 24.2. The lowest BCUT2D eigenvalue weighted by molar-refractivity contribution is -0.114. The minimum Gasteiger partial charge on any atom is -0.495 e. The Morgan fingerprint density at radius 3 is 2.12 bits per heavy atom. The molecule has 0 fully saturated rings. The Morgan fingerprint density at radius 1 is 0.939 bits per heavy atom. The Morgan fingerprint density at radius 2 is 1.55 bits per heavy atom. The van der Waals surface area contributed by atoms with Crippen molar-refractivity contribution in [2.75, 3.05) is 30.4 Å². The lowest BCUT2D eigenvalue weighted by Crippen LogP contribution is -2.38. The lowest BCUT2D eigenvalue weighted by atomic mass is 10.2. The lowest BCUT2D eigenvalue weighted by Gasteiger charge is -2.24. The zero-order valence-corrected chi connectivity index (χ0v) is 20.5. The summed E-state index contributed by atoms with van der Waals surface area (Å²) in [5, 5.41) is 3.41. The molecule has 7 nitrogen and oxygen atoms in total. The van der Waals surface area contributed by atoms with Crippen molar-refractivity contribution in [3.8, 4) is 11.5 Å². The van der Waals surface area contributed by atoms with Gasteiger partial charge >= 0.3 is 0 Å². The summed E-state index contributed by atoms with van der Waals surface area (Å²) in [6, 6.07) is 15.6. The van der Waals surface area contributed by atoms with Gasteiger partial charge in [-0.1, -0.05) is 40.9 Å². The van der Waals surface area contributed by atoms with Crippen LogP contribution < -0.4 is 19.1 Å². The largest absolute Gasteiger partial charge is 0.495 e. The van der Waals surface area contributed by atoms with Crippen molar-refractivity contribution in [3.05, 3.63) is 76.3 Å². The number of carbonyl (C=O) groups is 1. The second-order valence-corrected chi connectivity index (χ2v) is 9.74. The van der Waals surface area contributed by atoms with Gasteiger partial charge in [-0.15, -0.1) is 0 Å². The fourth-order valence-corrected chi connectivity index (χ4v) is 4.82. The Hall–Kier alpha value is -2.94. The number of anilines is 2. The molecule has 33 heavy (non-hydrogen) atoms. The van der Waals surface area contributed by atoms with Crippen molar-refractivity contribution in [2.24, 2.45) is 0 Å². The van der Waals surface area contributed by atoms with Gasteiger partial charge in [0.25, 0.3) is 10.0 Å². The molecule has 3 aromatic carbocycles. The van der Waals surface area contributed by atoms with Crippen LogP contribution in [0.4, 0.5) is 11.4 Å². The highest BCUT2D eigenvalue weighted by molar-refractivity contribution is 7.92. The van der Waals surface area contributed by atoms with E-state index in [4.69, 9.17) is 32.7 Å². The van der Waals surface area contributed by atoms with E-state index in [1.54, 1.807) is 24.3 Å². The Kier molecular flexibility index (Phi) is 7.73. The number of rotatable bonds is 8. The van der Waals surface area contributed by atoms with Crippen LogP contribution in [0.1, 0.15) is 5.56 Å². The van der Waals surface area contributed by atoms with E-state index in [1.807, 2.05) is 6.92 Å². The molecular weight excluding hydrogens is 487 g/mol. The number of hydrogen-bond acceptors (Lipinski definition) is 5. The summed E-state index contributed by atoms with van der Waals surface area (Å²) in [6.07, 6.45) is 0. The molecule has 0 saturated heterocycles. The van der Waals surface area contributed by atoms with E-state index in [-0.39, 0.29) is 16.3 Å². The number of aryl methyl sites for hydroxylation is 1. The van der Waals surface area contributed by atoms with E-state index >= 15 is 0 Å². The van der Waals surface area contributed by atoms with Gasteiger partial charge in [-0.3, -0.25) is 9.10 Å². The molecule has 0 aliphatic rings. The van der Waals surface area contributed by atoms with Crippen molar-refractivity contribution in [1.29, 1.82) is 0 Å². The van der Waals surface area contributed by atoms with E-state index < -0.39 is 22.5 Å².